The highest BCUT2D eigenvalue weighted by Gasteiger charge is 2.14. The summed E-state index contributed by atoms with van der Waals surface area (Å²) in [5.74, 6) is -0.221. The fourth-order valence-corrected chi connectivity index (χ4v) is 2.19. The van der Waals surface area contributed by atoms with Crippen LogP contribution in [0.15, 0.2) is 49.1 Å². The molecule has 0 saturated carbocycles. The number of aromatic nitrogens is 3. The van der Waals surface area contributed by atoms with Gasteiger partial charge in [-0.15, -0.1) is 0 Å². The zero-order valence-electron chi connectivity index (χ0n) is 12.0. The van der Waals surface area contributed by atoms with E-state index in [1.54, 1.807) is 30.6 Å². The number of hydrogen-bond acceptors (Lipinski definition) is 6. The molecule has 118 valence electrons. The van der Waals surface area contributed by atoms with Crippen LogP contribution in [0.25, 0.3) is 11.0 Å². The second kappa shape index (κ2) is 6.42. The number of fused-ring (bicyclic) bond motifs is 1. The number of rotatable bonds is 5. The number of carbonyl (C=O) groups excluding carboxylic acids is 1. The number of carbonyl (C=O) groups is 1. The first-order valence-electron chi connectivity index (χ1n) is 6.85. The van der Waals surface area contributed by atoms with E-state index in [0.717, 1.165) is 5.75 Å². The average molecular weight is 314 g/mol. The van der Waals surface area contributed by atoms with Gasteiger partial charge in [0, 0.05) is 24.8 Å². The molecule has 0 atom stereocenters. The van der Waals surface area contributed by atoms with Crippen molar-refractivity contribution < 1.29 is 19.9 Å². The second-order valence-electron chi connectivity index (χ2n) is 4.76. The maximum atomic E-state index is 11.6. The van der Waals surface area contributed by atoms with E-state index in [1.165, 1.54) is 6.20 Å². The first kappa shape index (κ1) is 14.9. The molecule has 0 unspecified atom stereocenters. The molecular formula is C15H14N4O4. The maximum Gasteiger partial charge on any atom is 0.305 e. The monoisotopic (exact) mass is 314 g/mol. The van der Waals surface area contributed by atoms with E-state index in [-0.39, 0.29) is 5.56 Å². The number of nitrogens with zero attached hydrogens (tertiary/aromatic N) is 4. The van der Waals surface area contributed by atoms with Crippen LogP contribution >= 0.6 is 0 Å². The molecule has 0 spiro atoms. The van der Waals surface area contributed by atoms with Gasteiger partial charge in [-0.1, -0.05) is 5.23 Å². The van der Waals surface area contributed by atoms with E-state index in [0.29, 0.717) is 24.2 Å². The summed E-state index contributed by atoms with van der Waals surface area (Å²) in [6, 6.07) is 6.90. The summed E-state index contributed by atoms with van der Waals surface area (Å²) in [6.07, 6.45) is 6.43. The normalized spacial score (nSPS) is 10.7. The summed E-state index contributed by atoms with van der Waals surface area (Å²) in [4.78, 5) is 19.6. The van der Waals surface area contributed by atoms with Crippen LogP contribution in [0.4, 0.5) is 0 Å². The highest BCUT2D eigenvalue weighted by atomic mass is 16.8. The highest BCUT2D eigenvalue weighted by Crippen LogP contribution is 2.16. The average Bonchev–Trinajstić information content (AvgIpc) is 2.97. The Labute approximate surface area is 131 Å². The molecule has 8 nitrogen and oxygen atoms in total. The molecule has 2 N–H and O–H groups in total. The van der Waals surface area contributed by atoms with Crippen molar-refractivity contribution in [3.8, 4) is 5.75 Å². The molecular weight excluding hydrogens is 300 g/mol. The fraction of sp³-hybridized carbons (Fsp3) is 0.133. The van der Waals surface area contributed by atoms with Crippen molar-refractivity contribution in [3.05, 3.63) is 54.6 Å². The van der Waals surface area contributed by atoms with E-state index in [2.05, 4.69) is 9.97 Å². The van der Waals surface area contributed by atoms with Crippen LogP contribution in [0.2, 0.25) is 0 Å². The van der Waals surface area contributed by atoms with Gasteiger partial charge in [-0.2, -0.15) is 0 Å². The Kier molecular flexibility index (Phi) is 4.18. The van der Waals surface area contributed by atoms with Crippen LogP contribution < -0.4 is 4.74 Å². The van der Waals surface area contributed by atoms with Gasteiger partial charge in [0.05, 0.1) is 23.1 Å². The Morgan fingerprint density at radius 2 is 2.04 bits per heavy atom. The summed E-state index contributed by atoms with van der Waals surface area (Å²) >= 11 is 0. The lowest BCUT2D eigenvalue weighted by atomic mass is 10.2. The van der Waals surface area contributed by atoms with Gasteiger partial charge in [0.1, 0.15) is 12.4 Å². The molecule has 3 heterocycles. The third kappa shape index (κ3) is 3.28. The second-order valence-corrected chi connectivity index (χ2v) is 4.76. The highest BCUT2D eigenvalue weighted by molar-refractivity contribution is 5.95. The third-order valence-corrected chi connectivity index (χ3v) is 3.30. The Morgan fingerprint density at radius 1 is 1.26 bits per heavy atom. The van der Waals surface area contributed by atoms with Gasteiger partial charge in [-0.25, -0.2) is 0 Å². The van der Waals surface area contributed by atoms with Crippen molar-refractivity contribution >= 4 is 16.9 Å². The molecule has 8 heteroatoms. The minimum absolute atomic E-state index is 0.0810. The van der Waals surface area contributed by atoms with Crippen LogP contribution in [0.1, 0.15) is 10.4 Å². The zero-order valence-corrected chi connectivity index (χ0v) is 12.0. The number of hydroxylamine groups is 2. The first-order chi connectivity index (χ1) is 11.1. The van der Waals surface area contributed by atoms with Crippen molar-refractivity contribution in [1.29, 1.82) is 0 Å². The van der Waals surface area contributed by atoms with E-state index < -0.39 is 11.1 Å². The predicted octanol–water partition coefficient (Wildman–Crippen LogP) is 1.73. The van der Waals surface area contributed by atoms with Crippen LogP contribution in [0.3, 0.4) is 0 Å². The molecule has 0 radical (unpaired) electrons. The SMILES string of the molecule is O=C(c1cnc2ccn(CCOc3ccncc3)c2c1)N(O)O. The van der Waals surface area contributed by atoms with Crippen molar-refractivity contribution in [1.82, 2.24) is 19.8 Å². The molecule has 0 saturated heterocycles. The van der Waals surface area contributed by atoms with Crippen molar-refractivity contribution in [2.45, 2.75) is 6.54 Å². The molecule has 1 amide bonds. The number of ether oxygens (including phenoxy) is 1. The van der Waals surface area contributed by atoms with Gasteiger partial charge in [0.25, 0.3) is 0 Å². The van der Waals surface area contributed by atoms with Gasteiger partial charge in [-0.3, -0.25) is 25.2 Å². The summed E-state index contributed by atoms with van der Waals surface area (Å²) in [7, 11) is 0. The fourth-order valence-electron chi connectivity index (χ4n) is 2.19. The van der Waals surface area contributed by atoms with Crippen molar-refractivity contribution in [2.75, 3.05) is 6.61 Å². The summed E-state index contributed by atoms with van der Waals surface area (Å²) in [5, 5.41) is 17.2. The van der Waals surface area contributed by atoms with Crippen LogP contribution in [0, 0.1) is 0 Å². The first-order valence-corrected chi connectivity index (χ1v) is 6.85. The summed E-state index contributed by atoms with van der Waals surface area (Å²) in [6.45, 7) is 0.977. The smallest absolute Gasteiger partial charge is 0.305 e. The standard InChI is InChI=1S/C15H14N4O4/c20-15(19(21)22)11-9-14-13(17-10-11)3-6-18(14)7-8-23-12-1-4-16-5-2-12/h1-6,9-10,21-22H,7-8H2. The van der Waals surface area contributed by atoms with E-state index in [9.17, 15) is 4.79 Å². The number of hydrogen-bond donors (Lipinski definition) is 2. The summed E-state index contributed by atoms with van der Waals surface area (Å²) < 4.78 is 7.48. The Morgan fingerprint density at radius 3 is 2.78 bits per heavy atom. The molecule has 3 aromatic heterocycles. The molecule has 0 bridgehead atoms. The minimum atomic E-state index is -0.944. The lowest BCUT2D eigenvalue weighted by molar-refractivity contribution is -0.260. The van der Waals surface area contributed by atoms with Gasteiger partial charge < -0.3 is 9.30 Å². The molecule has 0 aliphatic rings. The number of pyridine rings is 2. The molecule has 3 rings (SSSR count). The zero-order chi connectivity index (χ0) is 16.2. The Hall–Kier alpha value is -2.97. The quantitative estimate of drug-likeness (QED) is 0.549. The molecule has 0 aromatic carbocycles. The molecule has 0 aliphatic carbocycles. The van der Waals surface area contributed by atoms with Crippen LogP contribution in [-0.2, 0) is 6.54 Å². The van der Waals surface area contributed by atoms with E-state index in [1.807, 2.05) is 16.8 Å². The maximum absolute atomic E-state index is 11.6. The largest absolute Gasteiger partial charge is 0.492 e. The van der Waals surface area contributed by atoms with Gasteiger partial charge >= 0.3 is 5.91 Å². The molecule has 0 aliphatic heterocycles. The van der Waals surface area contributed by atoms with Crippen LogP contribution in [-0.4, -0.2) is 42.7 Å². The lowest BCUT2D eigenvalue weighted by Crippen LogP contribution is -2.23. The Bertz CT molecular complexity index is 817. The van der Waals surface area contributed by atoms with Crippen LogP contribution in [0.5, 0.6) is 5.75 Å². The number of amides is 1. The lowest BCUT2D eigenvalue weighted by Gasteiger charge is -2.09. The van der Waals surface area contributed by atoms with E-state index in [4.69, 9.17) is 15.2 Å². The van der Waals surface area contributed by atoms with Gasteiger partial charge in [0.2, 0.25) is 0 Å². The molecule has 3 aromatic rings. The van der Waals surface area contributed by atoms with Crippen molar-refractivity contribution in [2.24, 2.45) is 0 Å². The third-order valence-electron chi connectivity index (χ3n) is 3.30. The summed E-state index contributed by atoms with van der Waals surface area (Å²) in [5.41, 5.74) is 1.49. The Balaban J connectivity index is 1.75. The van der Waals surface area contributed by atoms with E-state index >= 15 is 0 Å². The molecule has 23 heavy (non-hydrogen) atoms. The topological polar surface area (TPSA) is 101 Å². The van der Waals surface area contributed by atoms with Crippen molar-refractivity contribution in [3.63, 3.8) is 0 Å². The molecule has 0 fully saturated rings. The van der Waals surface area contributed by atoms with Gasteiger partial charge in [0.15, 0.2) is 0 Å². The van der Waals surface area contributed by atoms with Gasteiger partial charge in [-0.05, 0) is 24.3 Å². The minimum Gasteiger partial charge on any atom is -0.492 e. The predicted molar refractivity (Wildman–Crippen MR) is 79.2 cm³/mol.